The molecule has 18 heavy (non-hydrogen) atoms. The lowest BCUT2D eigenvalue weighted by Crippen LogP contribution is -2.56. The van der Waals surface area contributed by atoms with Crippen molar-refractivity contribution in [3.8, 4) is 5.88 Å². The summed E-state index contributed by atoms with van der Waals surface area (Å²) in [6.45, 7) is 4.20. The molecule has 96 valence electrons. The van der Waals surface area contributed by atoms with E-state index in [0.29, 0.717) is 18.2 Å². The van der Waals surface area contributed by atoms with Crippen molar-refractivity contribution >= 4 is 11.2 Å². The van der Waals surface area contributed by atoms with Crippen molar-refractivity contribution < 1.29 is 9.22 Å². The van der Waals surface area contributed by atoms with E-state index in [1.54, 1.807) is 4.52 Å². The van der Waals surface area contributed by atoms with Crippen molar-refractivity contribution in [1.29, 1.82) is 0 Å². The molecule has 5 nitrogen and oxygen atoms in total. The van der Waals surface area contributed by atoms with Crippen LogP contribution in [-0.2, 0) is 0 Å². The zero-order chi connectivity index (χ0) is 12.6. The Labute approximate surface area is 106 Å². The molecule has 1 aliphatic rings. The summed E-state index contributed by atoms with van der Waals surface area (Å²) in [7, 11) is 2.26. The smallest absolute Gasteiger partial charge is 0.257 e. The lowest BCUT2D eigenvalue weighted by molar-refractivity contribution is -0.946. The van der Waals surface area contributed by atoms with E-state index in [0.717, 1.165) is 16.5 Å². The Hall–Kier alpha value is -1.75. The van der Waals surface area contributed by atoms with Crippen LogP contribution in [0.25, 0.3) is 5.52 Å². The number of pyridine rings is 1. The van der Waals surface area contributed by atoms with Crippen LogP contribution in [-0.4, -0.2) is 47.4 Å². The second kappa shape index (κ2) is 4.17. The first-order chi connectivity index (χ1) is 8.68. The molecular weight excluding hydrogens is 228 g/mol. The van der Waals surface area contributed by atoms with Crippen LogP contribution in [0.5, 0.6) is 5.88 Å². The van der Waals surface area contributed by atoms with Gasteiger partial charge in [0.15, 0.2) is 0 Å². The highest BCUT2D eigenvalue weighted by atomic mass is 16.5. The van der Waals surface area contributed by atoms with Gasteiger partial charge in [0.1, 0.15) is 18.8 Å². The first kappa shape index (κ1) is 11.3. The van der Waals surface area contributed by atoms with Crippen LogP contribution in [0.3, 0.4) is 0 Å². The summed E-state index contributed by atoms with van der Waals surface area (Å²) in [5, 5.41) is 4.34. The van der Waals surface area contributed by atoms with E-state index < -0.39 is 0 Å². The van der Waals surface area contributed by atoms with E-state index in [9.17, 15) is 0 Å². The van der Waals surface area contributed by atoms with Gasteiger partial charge in [0.25, 0.3) is 5.88 Å². The molecule has 0 aliphatic carbocycles. The zero-order valence-corrected chi connectivity index (χ0v) is 10.7. The van der Waals surface area contributed by atoms with Gasteiger partial charge in [0, 0.05) is 12.6 Å². The van der Waals surface area contributed by atoms with E-state index in [-0.39, 0.29) is 0 Å². The number of aromatic nitrogens is 2. The molecule has 0 bridgehead atoms. The molecule has 0 aromatic carbocycles. The Kier molecular flexibility index (Phi) is 2.63. The number of hydrogen-bond acceptors (Lipinski definition) is 3. The topological polar surface area (TPSA) is 52.5 Å². The van der Waals surface area contributed by atoms with Crippen LogP contribution in [0.4, 0.5) is 5.69 Å². The molecule has 3 rings (SSSR count). The number of likely N-dealkylation sites (N-methyl/N-ethyl adjacent to an activating group) is 1. The average Bonchev–Trinajstić information content (AvgIpc) is 2.65. The molecule has 1 aliphatic heterocycles. The monoisotopic (exact) mass is 247 g/mol. The number of fused-ring (bicyclic) bond motifs is 1. The summed E-state index contributed by atoms with van der Waals surface area (Å²) in [6.07, 6.45) is 3.20. The van der Waals surface area contributed by atoms with Crippen molar-refractivity contribution in [2.45, 2.75) is 6.42 Å². The van der Waals surface area contributed by atoms with Gasteiger partial charge in [0.2, 0.25) is 0 Å². The number of anilines is 1. The molecule has 1 saturated heterocycles. The Morgan fingerprint density at radius 3 is 2.94 bits per heavy atom. The maximum atomic E-state index is 6.02. The molecule has 5 heteroatoms. The number of nitrogen functional groups attached to an aromatic ring is 1. The van der Waals surface area contributed by atoms with Crippen LogP contribution in [0.15, 0.2) is 24.4 Å². The predicted octanol–water partition coefficient (Wildman–Crippen LogP) is 1.15. The summed E-state index contributed by atoms with van der Waals surface area (Å²) in [5.41, 5.74) is 7.55. The standard InChI is InChI=1S/C13H19N4O/c1-17(7-4-8-17)9-10-18-13-12(14)11-5-2-3-6-16(11)15-13/h2-3,5-6H,4,7-10,14H2,1H3/q+1. The Bertz CT molecular complexity index is 559. The molecule has 3 heterocycles. The minimum Gasteiger partial charge on any atom is -0.469 e. The first-order valence-electron chi connectivity index (χ1n) is 6.37. The number of hydrogen-bond donors (Lipinski definition) is 1. The molecule has 0 spiro atoms. The second-order valence-electron chi connectivity index (χ2n) is 5.24. The molecule has 2 aromatic rings. The van der Waals surface area contributed by atoms with Gasteiger partial charge >= 0.3 is 0 Å². The zero-order valence-electron chi connectivity index (χ0n) is 10.7. The van der Waals surface area contributed by atoms with Gasteiger partial charge in [-0.2, -0.15) is 0 Å². The SMILES string of the molecule is C[N+]1(CCOc2nn3ccccc3c2N)CCC1. The van der Waals surface area contributed by atoms with E-state index >= 15 is 0 Å². The van der Waals surface area contributed by atoms with Crippen LogP contribution in [0.1, 0.15) is 6.42 Å². The van der Waals surface area contributed by atoms with E-state index in [2.05, 4.69) is 12.1 Å². The Morgan fingerprint density at radius 1 is 1.44 bits per heavy atom. The fourth-order valence-corrected chi connectivity index (χ4v) is 2.39. The van der Waals surface area contributed by atoms with Gasteiger partial charge in [-0.05, 0) is 12.1 Å². The van der Waals surface area contributed by atoms with Crippen molar-refractivity contribution in [3.05, 3.63) is 24.4 Å². The van der Waals surface area contributed by atoms with E-state index in [4.69, 9.17) is 10.5 Å². The number of quaternary nitrogens is 1. The fraction of sp³-hybridized carbons (Fsp3) is 0.462. The third-order valence-electron chi connectivity index (χ3n) is 3.81. The van der Waals surface area contributed by atoms with Crippen LogP contribution in [0, 0.1) is 0 Å². The quantitative estimate of drug-likeness (QED) is 0.824. The van der Waals surface area contributed by atoms with Gasteiger partial charge in [-0.3, -0.25) is 0 Å². The average molecular weight is 247 g/mol. The van der Waals surface area contributed by atoms with E-state index in [1.807, 2.05) is 24.4 Å². The highest BCUT2D eigenvalue weighted by molar-refractivity contribution is 5.74. The summed E-state index contributed by atoms with van der Waals surface area (Å²) < 4.78 is 8.58. The molecule has 1 fully saturated rings. The van der Waals surface area contributed by atoms with Gasteiger partial charge in [-0.15, -0.1) is 5.10 Å². The maximum Gasteiger partial charge on any atom is 0.257 e. The fourth-order valence-electron chi connectivity index (χ4n) is 2.39. The van der Waals surface area contributed by atoms with Crippen LogP contribution in [0.2, 0.25) is 0 Å². The number of likely N-dealkylation sites (tertiary alicyclic amines) is 1. The third-order valence-corrected chi connectivity index (χ3v) is 3.81. The van der Waals surface area contributed by atoms with Gasteiger partial charge in [-0.25, -0.2) is 4.52 Å². The third kappa shape index (κ3) is 1.90. The van der Waals surface area contributed by atoms with Gasteiger partial charge in [0.05, 0.1) is 25.7 Å². The summed E-state index contributed by atoms with van der Waals surface area (Å²) in [6, 6.07) is 5.82. The molecule has 0 atom stereocenters. The second-order valence-corrected chi connectivity index (χ2v) is 5.24. The lowest BCUT2D eigenvalue weighted by atomic mass is 10.1. The summed E-state index contributed by atoms with van der Waals surface area (Å²) >= 11 is 0. The number of nitrogens with zero attached hydrogens (tertiary/aromatic N) is 3. The minimum absolute atomic E-state index is 0.549. The first-order valence-corrected chi connectivity index (χ1v) is 6.37. The van der Waals surface area contributed by atoms with Crippen molar-refractivity contribution in [2.75, 3.05) is 39.0 Å². The Morgan fingerprint density at radius 2 is 2.28 bits per heavy atom. The van der Waals surface area contributed by atoms with Gasteiger partial charge in [-0.1, -0.05) is 6.07 Å². The normalized spacial score (nSPS) is 17.6. The molecular formula is C13H19N4O+. The number of ether oxygens (including phenoxy) is 1. The van der Waals surface area contributed by atoms with Crippen molar-refractivity contribution in [3.63, 3.8) is 0 Å². The Balaban J connectivity index is 1.69. The molecule has 0 amide bonds. The highest BCUT2D eigenvalue weighted by Crippen LogP contribution is 2.25. The van der Waals surface area contributed by atoms with Crippen molar-refractivity contribution in [2.24, 2.45) is 0 Å². The number of rotatable bonds is 4. The van der Waals surface area contributed by atoms with Gasteiger partial charge < -0.3 is 15.0 Å². The van der Waals surface area contributed by atoms with Crippen molar-refractivity contribution in [1.82, 2.24) is 9.61 Å². The molecule has 0 unspecified atom stereocenters. The largest absolute Gasteiger partial charge is 0.469 e. The maximum absolute atomic E-state index is 6.02. The summed E-state index contributed by atoms with van der Waals surface area (Å²) in [5.74, 6) is 0.549. The summed E-state index contributed by atoms with van der Waals surface area (Å²) in [4.78, 5) is 0. The van der Waals surface area contributed by atoms with Crippen LogP contribution >= 0.6 is 0 Å². The molecule has 2 aromatic heterocycles. The number of nitrogens with two attached hydrogens (primary N) is 1. The highest BCUT2D eigenvalue weighted by Gasteiger charge is 2.30. The van der Waals surface area contributed by atoms with Crippen LogP contribution < -0.4 is 10.5 Å². The predicted molar refractivity (Wildman–Crippen MR) is 70.5 cm³/mol. The lowest BCUT2D eigenvalue weighted by Gasteiger charge is -2.41. The molecule has 2 N–H and O–H groups in total. The van der Waals surface area contributed by atoms with E-state index in [1.165, 1.54) is 19.5 Å². The minimum atomic E-state index is 0.549. The molecule has 0 saturated carbocycles. The molecule has 0 radical (unpaired) electrons.